The number of carbonyl (C=O) groups is 2. The zero-order valence-corrected chi connectivity index (χ0v) is 26.1. The van der Waals surface area contributed by atoms with Gasteiger partial charge in [-0.05, 0) is 87.7 Å². The lowest BCUT2D eigenvalue weighted by Crippen LogP contribution is -2.52. The van der Waals surface area contributed by atoms with E-state index in [9.17, 15) is 18.0 Å². The van der Waals surface area contributed by atoms with Gasteiger partial charge in [-0.15, -0.1) is 0 Å². The maximum atomic E-state index is 14.1. The van der Waals surface area contributed by atoms with E-state index in [0.717, 1.165) is 41.1 Å². The summed E-state index contributed by atoms with van der Waals surface area (Å²) in [5.41, 5.74) is 2.08. The summed E-state index contributed by atoms with van der Waals surface area (Å²) >= 11 is 0. The summed E-state index contributed by atoms with van der Waals surface area (Å²) in [6, 6.07) is 19.6. The van der Waals surface area contributed by atoms with Crippen molar-refractivity contribution in [3.8, 4) is 11.5 Å². The molecule has 3 aromatic rings. The average Bonchev–Trinajstić information content (AvgIpc) is 3.52. The number of hydrogen-bond donors (Lipinski definition) is 1. The first-order valence-electron chi connectivity index (χ1n) is 14.7. The normalized spacial score (nSPS) is 14.1. The van der Waals surface area contributed by atoms with Gasteiger partial charge in [-0.25, -0.2) is 8.42 Å². The zero-order chi connectivity index (χ0) is 31.0. The molecule has 3 aromatic carbocycles. The van der Waals surface area contributed by atoms with Crippen LogP contribution >= 0.6 is 0 Å². The largest absolute Gasteiger partial charge is 0.497 e. The molecule has 0 unspecified atom stereocenters. The number of benzene rings is 3. The summed E-state index contributed by atoms with van der Waals surface area (Å²) in [5, 5.41) is 3.08. The molecule has 1 atom stereocenters. The first-order chi connectivity index (χ1) is 20.6. The quantitative estimate of drug-likeness (QED) is 0.291. The Morgan fingerprint density at radius 1 is 0.930 bits per heavy atom. The maximum Gasteiger partial charge on any atom is 0.264 e. The first-order valence-corrected chi connectivity index (χ1v) is 16.1. The number of anilines is 1. The molecule has 0 saturated heterocycles. The van der Waals surface area contributed by atoms with Crippen molar-refractivity contribution in [2.75, 3.05) is 24.6 Å². The van der Waals surface area contributed by atoms with Gasteiger partial charge in [0.05, 0.1) is 24.3 Å². The van der Waals surface area contributed by atoms with Crippen molar-refractivity contribution in [3.05, 3.63) is 83.9 Å². The predicted octanol–water partition coefficient (Wildman–Crippen LogP) is 5.07. The number of rotatable bonds is 13. The van der Waals surface area contributed by atoms with Crippen LogP contribution in [0.4, 0.5) is 5.69 Å². The van der Waals surface area contributed by atoms with Crippen molar-refractivity contribution in [3.63, 3.8) is 0 Å². The number of aryl methyl sites for hydroxylation is 1. The molecular weight excluding hydrogens is 566 g/mol. The second-order valence-corrected chi connectivity index (χ2v) is 12.6. The second-order valence-electron chi connectivity index (χ2n) is 10.8. The number of nitrogens with one attached hydrogen (secondary N) is 1. The van der Waals surface area contributed by atoms with Crippen LogP contribution in [0.3, 0.4) is 0 Å². The van der Waals surface area contributed by atoms with Crippen LogP contribution in [0.2, 0.25) is 0 Å². The van der Waals surface area contributed by atoms with Crippen LogP contribution in [-0.2, 0) is 26.2 Å². The van der Waals surface area contributed by atoms with Crippen LogP contribution in [-0.4, -0.2) is 57.5 Å². The van der Waals surface area contributed by atoms with E-state index in [4.69, 9.17) is 9.47 Å². The van der Waals surface area contributed by atoms with Crippen molar-refractivity contribution < 1.29 is 27.5 Å². The van der Waals surface area contributed by atoms with E-state index >= 15 is 0 Å². The Bertz CT molecular complexity index is 1470. The van der Waals surface area contributed by atoms with Gasteiger partial charge in [0.25, 0.3) is 10.0 Å². The van der Waals surface area contributed by atoms with Crippen LogP contribution in [0.1, 0.15) is 50.7 Å². The summed E-state index contributed by atoms with van der Waals surface area (Å²) in [7, 11) is -2.59. The topological polar surface area (TPSA) is 105 Å². The lowest BCUT2D eigenvalue weighted by Gasteiger charge is -2.32. The molecule has 0 aliphatic heterocycles. The monoisotopic (exact) mass is 607 g/mol. The molecule has 4 rings (SSSR count). The van der Waals surface area contributed by atoms with E-state index in [1.807, 2.05) is 26.0 Å². The SMILES string of the molecule is CCOc1ccc(S(=O)(=O)N(CC(=O)N(Cc2ccc(OC)cc2)[C@H](C)C(=O)NC2CCCC2)c2ccc(C)cc2)cc1. The van der Waals surface area contributed by atoms with Gasteiger partial charge in [0.15, 0.2) is 0 Å². The number of methoxy groups -OCH3 is 1. The third-order valence-electron chi connectivity index (χ3n) is 7.70. The average molecular weight is 608 g/mol. The number of nitrogens with zero attached hydrogens (tertiary/aromatic N) is 2. The van der Waals surface area contributed by atoms with Crippen LogP contribution in [0, 0.1) is 6.92 Å². The van der Waals surface area contributed by atoms with Crippen molar-refractivity contribution in [2.45, 2.75) is 70.0 Å². The van der Waals surface area contributed by atoms with Crippen molar-refractivity contribution in [1.29, 1.82) is 0 Å². The van der Waals surface area contributed by atoms with E-state index in [1.165, 1.54) is 17.0 Å². The van der Waals surface area contributed by atoms with Crippen LogP contribution in [0.5, 0.6) is 11.5 Å². The molecule has 0 heterocycles. The Balaban J connectivity index is 1.67. The van der Waals surface area contributed by atoms with E-state index in [2.05, 4.69) is 5.32 Å². The summed E-state index contributed by atoms with van der Waals surface area (Å²) in [5.74, 6) is 0.456. The van der Waals surface area contributed by atoms with E-state index in [-0.39, 0.29) is 23.4 Å². The molecular formula is C33H41N3O6S. The lowest BCUT2D eigenvalue weighted by molar-refractivity contribution is -0.139. The molecule has 1 fully saturated rings. The van der Waals surface area contributed by atoms with Gasteiger partial charge in [-0.3, -0.25) is 13.9 Å². The second kappa shape index (κ2) is 14.4. The number of carbonyl (C=O) groups excluding carboxylic acids is 2. The minimum atomic E-state index is -4.16. The van der Waals surface area contributed by atoms with E-state index < -0.39 is 28.5 Å². The summed E-state index contributed by atoms with van der Waals surface area (Å²) in [4.78, 5) is 29.0. The lowest BCUT2D eigenvalue weighted by atomic mass is 10.1. The fourth-order valence-corrected chi connectivity index (χ4v) is 6.56. The molecule has 230 valence electrons. The Morgan fingerprint density at radius 2 is 1.53 bits per heavy atom. The third kappa shape index (κ3) is 8.07. The number of hydrogen-bond acceptors (Lipinski definition) is 6. The highest BCUT2D eigenvalue weighted by Crippen LogP contribution is 2.27. The van der Waals surface area contributed by atoms with Gasteiger partial charge in [0.1, 0.15) is 24.1 Å². The van der Waals surface area contributed by atoms with Crippen LogP contribution in [0.15, 0.2) is 77.7 Å². The molecule has 1 N–H and O–H groups in total. The van der Waals surface area contributed by atoms with Crippen molar-refractivity contribution >= 4 is 27.5 Å². The Morgan fingerprint density at radius 3 is 2.12 bits per heavy atom. The molecule has 10 heteroatoms. The van der Waals surface area contributed by atoms with Gasteiger partial charge in [-0.2, -0.15) is 0 Å². The smallest absolute Gasteiger partial charge is 0.264 e. The van der Waals surface area contributed by atoms with Crippen molar-refractivity contribution in [1.82, 2.24) is 10.2 Å². The molecule has 0 spiro atoms. The number of amides is 2. The van der Waals surface area contributed by atoms with E-state index in [0.29, 0.717) is 23.8 Å². The number of sulfonamides is 1. The fraction of sp³-hybridized carbons (Fsp3) is 0.394. The minimum Gasteiger partial charge on any atom is -0.497 e. The van der Waals surface area contributed by atoms with Gasteiger partial charge >= 0.3 is 0 Å². The molecule has 0 bridgehead atoms. The molecule has 1 aliphatic rings. The Kier molecular flexibility index (Phi) is 10.7. The van der Waals surface area contributed by atoms with E-state index in [1.54, 1.807) is 62.6 Å². The minimum absolute atomic E-state index is 0.0260. The summed E-state index contributed by atoms with van der Waals surface area (Å²) < 4.78 is 39.9. The Labute approximate surface area is 254 Å². The van der Waals surface area contributed by atoms with Crippen LogP contribution < -0.4 is 19.1 Å². The highest BCUT2D eigenvalue weighted by Gasteiger charge is 2.33. The number of ether oxygens (including phenoxy) is 2. The van der Waals surface area contributed by atoms with Gasteiger partial charge < -0.3 is 19.7 Å². The predicted molar refractivity (Wildman–Crippen MR) is 167 cm³/mol. The summed E-state index contributed by atoms with van der Waals surface area (Å²) in [6.45, 7) is 5.52. The first kappa shape index (κ1) is 31.9. The summed E-state index contributed by atoms with van der Waals surface area (Å²) in [6.07, 6.45) is 3.93. The molecule has 9 nitrogen and oxygen atoms in total. The molecule has 0 aromatic heterocycles. The standard InChI is InChI=1S/C33H41N3O6S/c1-5-42-30-18-20-31(21-19-30)43(39,40)36(28-14-10-24(2)11-15-28)23-32(37)35(22-26-12-16-29(41-4)17-13-26)25(3)33(38)34-27-8-6-7-9-27/h10-21,25,27H,5-9,22-23H2,1-4H3,(H,34,38)/t25-/m1/s1. The Hall–Kier alpha value is -4.05. The van der Waals surface area contributed by atoms with Gasteiger partial charge in [0, 0.05) is 12.6 Å². The molecule has 2 amide bonds. The zero-order valence-electron chi connectivity index (χ0n) is 25.3. The van der Waals surface area contributed by atoms with Crippen LogP contribution in [0.25, 0.3) is 0 Å². The van der Waals surface area contributed by atoms with Crippen molar-refractivity contribution in [2.24, 2.45) is 0 Å². The highest BCUT2D eigenvalue weighted by atomic mass is 32.2. The van der Waals surface area contributed by atoms with Gasteiger partial charge in [-0.1, -0.05) is 42.7 Å². The fourth-order valence-electron chi connectivity index (χ4n) is 5.14. The molecule has 43 heavy (non-hydrogen) atoms. The molecule has 0 radical (unpaired) electrons. The maximum absolute atomic E-state index is 14.1. The highest BCUT2D eigenvalue weighted by molar-refractivity contribution is 7.92. The molecule has 1 aliphatic carbocycles. The third-order valence-corrected chi connectivity index (χ3v) is 9.49. The van der Waals surface area contributed by atoms with Gasteiger partial charge in [0.2, 0.25) is 11.8 Å². The molecule has 1 saturated carbocycles.